The fourth-order valence-corrected chi connectivity index (χ4v) is 3.60. The Morgan fingerprint density at radius 3 is 2.56 bits per heavy atom. The van der Waals surface area contributed by atoms with Crippen LogP contribution in [0.5, 0.6) is 11.7 Å². The molecule has 2 heterocycles. The number of para-hydroxylation sites is 1. The quantitative estimate of drug-likeness (QED) is 0.416. The number of aryl methyl sites for hydroxylation is 1. The molecule has 126 valence electrons. The molecule has 4 rings (SSSR count). The third-order valence-corrected chi connectivity index (χ3v) is 5.12. The van der Waals surface area contributed by atoms with Crippen LogP contribution in [0.1, 0.15) is 5.56 Å². The zero-order valence-corrected chi connectivity index (χ0v) is 14.0. The molecule has 6 nitrogen and oxygen atoms in total. The molecule has 0 aliphatic rings. The van der Waals surface area contributed by atoms with E-state index in [-0.39, 0.29) is 16.4 Å². The third kappa shape index (κ3) is 2.68. The van der Waals surface area contributed by atoms with E-state index in [1.807, 2.05) is 6.92 Å². The van der Waals surface area contributed by atoms with Crippen molar-refractivity contribution in [2.45, 2.75) is 11.8 Å². The van der Waals surface area contributed by atoms with Crippen LogP contribution in [0.25, 0.3) is 16.6 Å². The van der Waals surface area contributed by atoms with Gasteiger partial charge in [0.05, 0.1) is 11.5 Å². The van der Waals surface area contributed by atoms with Gasteiger partial charge in [-0.3, -0.25) is 0 Å². The van der Waals surface area contributed by atoms with Crippen molar-refractivity contribution >= 4 is 26.7 Å². The molecule has 0 saturated carbocycles. The number of hydrogen-bond acceptors (Lipinski definition) is 5. The first kappa shape index (κ1) is 15.5. The van der Waals surface area contributed by atoms with Crippen molar-refractivity contribution in [1.29, 1.82) is 0 Å². The minimum Gasteiger partial charge on any atom is -0.540 e. The highest BCUT2D eigenvalue weighted by Crippen LogP contribution is 2.29. The van der Waals surface area contributed by atoms with Gasteiger partial charge in [0.1, 0.15) is 10.8 Å². The van der Waals surface area contributed by atoms with Crippen LogP contribution in [0, 0.1) is 6.92 Å². The van der Waals surface area contributed by atoms with Gasteiger partial charge in [-0.2, -0.15) is 12.8 Å². The summed E-state index contributed by atoms with van der Waals surface area (Å²) in [5.41, 5.74) is 1.76. The number of benzene rings is 2. The molecular formula is C18H13NO5S. The molecule has 0 radical (unpaired) electrons. The number of fused-ring (bicyclic) bond motifs is 3. The lowest BCUT2D eigenvalue weighted by Gasteiger charge is -2.08. The van der Waals surface area contributed by atoms with Crippen molar-refractivity contribution in [1.82, 2.24) is 0 Å². The van der Waals surface area contributed by atoms with Gasteiger partial charge in [-0.15, -0.1) is 0 Å². The molecule has 0 aliphatic heterocycles. The molecule has 0 spiro atoms. The van der Waals surface area contributed by atoms with E-state index in [0.29, 0.717) is 10.9 Å². The summed E-state index contributed by atoms with van der Waals surface area (Å²) >= 11 is 0. The van der Waals surface area contributed by atoms with Crippen LogP contribution < -0.4 is 13.7 Å². The van der Waals surface area contributed by atoms with Gasteiger partial charge < -0.3 is 13.7 Å². The van der Waals surface area contributed by atoms with E-state index in [0.717, 1.165) is 5.56 Å². The zero-order chi connectivity index (χ0) is 17.6. The molecule has 0 bridgehead atoms. The first-order valence-electron chi connectivity index (χ1n) is 7.49. The smallest absolute Gasteiger partial charge is 0.339 e. The van der Waals surface area contributed by atoms with Gasteiger partial charge in [-0.25, -0.2) is 0 Å². The Labute approximate surface area is 143 Å². The average Bonchev–Trinajstić information content (AvgIpc) is 2.95. The second kappa shape index (κ2) is 5.49. The minimum atomic E-state index is -4.01. The lowest BCUT2D eigenvalue weighted by atomic mass is 10.2. The molecular weight excluding hydrogens is 342 g/mol. The second-order valence-corrected chi connectivity index (χ2v) is 7.18. The first-order chi connectivity index (χ1) is 11.9. The molecule has 4 aromatic rings. The fraction of sp³-hybridized carbons (Fsp3) is 0.0556. The highest BCUT2D eigenvalue weighted by Gasteiger charge is 2.22. The third-order valence-electron chi connectivity index (χ3n) is 3.87. The minimum absolute atomic E-state index is 0.0545. The van der Waals surface area contributed by atoms with Crippen molar-refractivity contribution < 1.29 is 26.5 Å². The van der Waals surface area contributed by atoms with Crippen LogP contribution in [-0.2, 0) is 10.1 Å². The summed E-state index contributed by atoms with van der Waals surface area (Å²) in [6.45, 7) is 1.87. The summed E-state index contributed by atoms with van der Waals surface area (Å²) in [6.07, 6.45) is 1.30. The van der Waals surface area contributed by atoms with Crippen molar-refractivity contribution in [3.05, 3.63) is 66.4 Å². The van der Waals surface area contributed by atoms with Crippen molar-refractivity contribution in [2.24, 2.45) is 0 Å². The predicted octanol–water partition coefficient (Wildman–Crippen LogP) is 2.32. The second-order valence-electron chi connectivity index (χ2n) is 5.63. The van der Waals surface area contributed by atoms with Gasteiger partial charge in [0.15, 0.2) is 11.9 Å². The molecule has 0 N–H and O–H groups in total. The molecule has 7 heteroatoms. The van der Waals surface area contributed by atoms with Crippen LogP contribution >= 0.6 is 0 Å². The van der Waals surface area contributed by atoms with E-state index in [2.05, 4.69) is 0 Å². The molecule has 0 amide bonds. The Kier molecular flexibility index (Phi) is 3.40. The Morgan fingerprint density at radius 2 is 1.80 bits per heavy atom. The summed E-state index contributed by atoms with van der Waals surface area (Å²) in [5.74, 6) is -0.422. The normalized spacial score (nSPS) is 11.9. The fourth-order valence-electron chi connectivity index (χ4n) is 2.66. The van der Waals surface area contributed by atoms with Gasteiger partial charge in [-0.05, 0) is 25.1 Å². The maximum absolute atomic E-state index is 12.6. The molecule has 25 heavy (non-hydrogen) atoms. The number of nitrogens with zero attached hydrogens (tertiary/aromatic N) is 1. The van der Waals surface area contributed by atoms with Crippen LogP contribution in [0.4, 0.5) is 0 Å². The van der Waals surface area contributed by atoms with Crippen molar-refractivity contribution in [3.63, 3.8) is 0 Å². The molecule has 0 saturated heterocycles. The Morgan fingerprint density at radius 1 is 1.08 bits per heavy atom. The number of hydrogen-bond donors (Lipinski definition) is 0. The molecule has 2 aromatic heterocycles. The molecule has 0 unspecified atom stereocenters. The van der Waals surface area contributed by atoms with E-state index >= 15 is 0 Å². The molecule has 2 aromatic carbocycles. The van der Waals surface area contributed by atoms with E-state index in [1.54, 1.807) is 40.8 Å². The Bertz CT molecular complexity index is 1190. The topological polar surface area (TPSA) is 83.7 Å². The van der Waals surface area contributed by atoms with Crippen molar-refractivity contribution in [2.75, 3.05) is 0 Å². The Balaban J connectivity index is 1.89. The average molecular weight is 355 g/mol. The Hall–Kier alpha value is -3.06. The van der Waals surface area contributed by atoms with E-state index in [1.165, 1.54) is 24.4 Å². The van der Waals surface area contributed by atoms with Gasteiger partial charge in [-0.1, -0.05) is 29.8 Å². The summed E-state index contributed by atoms with van der Waals surface area (Å²) in [5, 5.41) is 12.1. The monoisotopic (exact) mass is 355 g/mol. The lowest BCUT2D eigenvalue weighted by Crippen LogP contribution is -2.20. The molecule has 0 atom stereocenters. The van der Waals surface area contributed by atoms with E-state index in [9.17, 15) is 13.5 Å². The van der Waals surface area contributed by atoms with Crippen LogP contribution in [0.15, 0.2) is 70.1 Å². The van der Waals surface area contributed by atoms with Crippen LogP contribution in [0.3, 0.4) is 0 Å². The summed E-state index contributed by atoms with van der Waals surface area (Å²) in [7, 11) is -4.01. The SMILES string of the molecule is Cc1ccc(S(=O)(=O)Oc2cc3oc([O-])c[n+]3c3ccccc23)cc1. The highest BCUT2D eigenvalue weighted by molar-refractivity contribution is 7.87. The van der Waals surface area contributed by atoms with E-state index < -0.39 is 16.1 Å². The number of rotatable bonds is 3. The number of aromatic nitrogens is 1. The lowest BCUT2D eigenvalue weighted by molar-refractivity contribution is -0.485. The van der Waals surface area contributed by atoms with Gasteiger partial charge >= 0.3 is 10.1 Å². The standard InChI is InChI=1S/C18H13NO5S/c1-12-6-8-13(9-7-12)25(21,22)24-16-10-17-19(11-18(20)23-17)15-5-3-2-4-14(15)16/h2-11H,1H3. The van der Waals surface area contributed by atoms with Crippen LogP contribution in [0.2, 0.25) is 0 Å². The van der Waals surface area contributed by atoms with Gasteiger partial charge in [0.2, 0.25) is 5.52 Å². The predicted molar refractivity (Wildman–Crippen MR) is 87.8 cm³/mol. The zero-order valence-electron chi connectivity index (χ0n) is 13.2. The van der Waals surface area contributed by atoms with Crippen LogP contribution in [-0.4, -0.2) is 8.42 Å². The number of oxazole rings is 1. The molecule has 0 aliphatic carbocycles. The van der Waals surface area contributed by atoms with Gasteiger partial charge in [0.25, 0.3) is 5.71 Å². The van der Waals surface area contributed by atoms with Gasteiger partial charge in [0, 0.05) is 6.07 Å². The van der Waals surface area contributed by atoms with E-state index in [4.69, 9.17) is 8.60 Å². The summed E-state index contributed by atoms with van der Waals surface area (Å²) in [6, 6.07) is 14.8. The summed E-state index contributed by atoms with van der Waals surface area (Å²) in [4.78, 5) is 0.0545. The van der Waals surface area contributed by atoms with Crippen molar-refractivity contribution in [3.8, 4) is 11.7 Å². The number of pyridine rings is 1. The largest absolute Gasteiger partial charge is 0.540 e. The first-order valence-corrected chi connectivity index (χ1v) is 8.90. The maximum Gasteiger partial charge on any atom is 0.339 e. The summed E-state index contributed by atoms with van der Waals surface area (Å²) < 4.78 is 37.2. The molecule has 0 fully saturated rings. The highest BCUT2D eigenvalue weighted by atomic mass is 32.2. The maximum atomic E-state index is 12.6.